The fourth-order valence-electron chi connectivity index (χ4n) is 3.39. The third kappa shape index (κ3) is 6.83. The quantitative estimate of drug-likeness (QED) is 0.530. The standard InChI is InChI=1S/C19H32N4O3S/c1-19(2,3)12-14(20-16(25)13-8-6-5-7-9-13)15(24)17(26)21-22-18-23(4)10-11-27-18/h13-14H,5-12H2,1-4H3,(H,20,25)(H,21,26). The number of thioether (sulfide) groups is 1. The molecule has 1 saturated heterocycles. The van der Waals surface area contributed by atoms with Crippen LogP contribution in [0.4, 0.5) is 0 Å². The Morgan fingerprint density at radius 1 is 1.22 bits per heavy atom. The summed E-state index contributed by atoms with van der Waals surface area (Å²) < 4.78 is 0. The minimum atomic E-state index is -0.825. The molecule has 1 saturated carbocycles. The molecule has 27 heavy (non-hydrogen) atoms. The third-order valence-electron chi connectivity index (χ3n) is 4.89. The lowest BCUT2D eigenvalue weighted by Gasteiger charge is -2.28. The Kier molecular flexibility index (Phi) is 7.70. The van der Waals surface area contributed by atoms with Gasteiger partial charge in [-0.05, 0) is 24.7 Å². The van der Waals surface area contributed by atoms with Crippen LogP contribution in [0.25, 0.3) is 0 Å². The number of hydrogen-bond donors (Lipinski definition) is 2. The molecule has 1 aliphatic carbocycles. The molecular weight excluding hydrogens is 364 g/mol. The van der Waals surface area contributed by atoms with Gasteiger partial charge in [0.2, 0.25) is 11.7 Å². The fraction of sp³-hybridized carbons (Fsp3) is 0.789. The predicted molar refractivity (Wildman–Crippen MR) is 108 cm³/mol. The summed E-state index contributed by atoms with van der Waals surface area (Å²) in [5.74, 6) is -0.669. The van der Waals surface area contributed by atoms with Gasteiger partial charge in [-0.25, -0.2) is 5.43 Å². The van der Waals surface area contributed by atoms with E-state index in [0.29, 0.717) is 11.6 Å². The second-order valence-corrected chi connectivity index (χ2v) is 9.69. The van der Waals surface area contributed by atoms with Crippen LogP contribution < -0.4 is 10.7 Å². The highest BCUT2D eigenvalue weighted by atomic mass is 32.2. The van der Waals surface area contributed by atoms with Gasteiger partial charge in [0, 0.05) is 25.3 Å². The Hall–Kier alpha value is -1.57. The van der Waals surface area contributed by atoms with Crippen LogP contribution in [0.15, 0.2) is 5.10 Å². The summed E-state index contributed by atoms with van der Waals surface area (Å²) in [6.07, 6.45) is 5.35. The van der Waals surface area contributed by atoms with Gasteiger partial charge in [0.15, 0.2) is 5.17 Å². The van der Waals surface area contributed by atoms with Gasteiger partial charge in [0.1, 0.15) is 0 Å². The maximum atomic E-state index is 12.7. The highest BCUT2D eigenvalue weighted by molar-refractivity contribution is 8.14. The molecule has 152 valence electrons. The molecule has 8 heteroatoms. The van der Waals surface area contributed by atoms with E-state index in [1.165, 1.54) is 11.8 Å². The number of nitrogens with zero attached hydrogens (tertiary/aromatic N) is 2. The minimum Gasteiger partial charge on any atom is -0.352 e. The number of carbonyl (C=O) groups is 3. The molecule has 7 nitrogen and oxygen atoms in total. The number of ketones is 1. The maximum Gasteiger partial charge on any atom is 0.309 e. The van der Waals surface area contributed by atoms with Crippen molar-refractivity contribution in [1.29, 1.82) is 0 Å². The van der Waals surface area contributed by atoms with Crippen LogP contribution in [0, 0.1) is 11.3 Å². The van der Waals surface area contributed by atoms with Crippen LogP contribution in [0.5, 0.6) is 0 Å². The third-order valence-corrected chi connectivity index (χ3v) is 5.93. The van der Waals surface area contributed by atoms with Crippen molar-refractivity contribution in [2.45, 2.75) is 65.3 Å². The topological polar surface area (TPSA) is 90.9 Å². The molecule has 0 spiro atoms. The van der Waals surface area contributed by atoms with Crippen LogP contribution in [0.1, 0.15) is 59.3 Å². The lowest BCUT2D eigenvalue weighted by Crippen LogP contribution is -2.50. The summed E-state index contributed by atoms with van der Waals surface area (Å²) in [7, 11) is 1.89. The zero-order chi connectivity index (χ0) is 20.0. The molecule has 2 amide bonds. The summed E-state index contributed by atoms with van der Waals surface area (Å²) in [6.45, 7) is 6.82. The van der Waals surface area contributed by atoms with Crippen LogP contribution in [-0.2, 0) is 14.4 Å². The summed E-state index contributed by atoms with van der Waals surface area (Å²) in [6, 6.07) is -0.825. The molecule has 0 radical (unpaired) electrons. The van der Waals surface area contributed by atoms with Crippen molar-refractivity contribution in [1.82, 2.24) is 15.6 Å². The van der Waals surface area contributed by atoms with Gasteiger partial charge in [0.25, 0.3) is 0 Å². The van der Waals surface area contributed by atoms with Crippen molar-refractivity contribution in [2.24, 2.45) is 16.4 Å². The van der Waals surface area contributed by atoms with Crippen molar-refractivity contribution in [3.8, 4) is 0 Å². The van der Waals surface area contributed by atoms with Crippen molar-refractivity contribution in [3.63, 3.8) is 0 Å². The number of hydrogen-bond acceptors (Lipinski definition) is 5. The number of nitrogens with one attached hydrogen (secondary N) is 2. The van der Waals surface area contributed by atoms with E-state index >= 15 is 0 Å². The van der Waals surface area contributed by atoms with Crippen LogP contribution in [0.2, 0.25) is 0 Å². The van der Waals surface area contributed by atoms with Crippen molar-refractivity contribution in [3.05, 3.63) is 0 Å². The number of hydrazone groups is 1. The fourth-order valence-corrected chi connectivity index (χ4v) is 4.35. The number of amidine groups is 1. The van der Waals surface area contributed by atoms with Gasteiger partial charge < -0.3 is 10.2 Å². The zero-order valence-electron chi connectivity index (χ0n) is 16.8. The van der Waals surface area contributed by atoms with E-state index in [4.69, 9.17) is 0 Å². The van der Waals surface area contributed by atoms with E-state index in [2.05, 4.69) is 15.8 Å². The Morgan fingerprint density at radius 2 is 1.89 bits per heavy atom. The van der Waals surface area contributed by atoms with Gasteiger partial charge in [-0.15, -0.1) is 5.10 Å². The molecule has 1 aliphatic heterocycles. The van der Waals surface area contributed by atoms with E-state index in [0.717, 1.165) is 44.4 Å². The number of carbonyl (C=O) groups excluding carboxylic acids is 3. The van der Waals surface area contributed by atoms with E-state index in [-0.39, 0.29) is 17.2 Å². The average molecular weight is 397 g/mol. The molecule has 0 aromatic heterocycles. The van der Waals surface area contributed by atoms with E-state index in [9.17, 15) is 14.4 Å². The summed E-state index contributed by atoms with van der Waals surface area (Å²) in [4.78, 5) is 39.6. The first-order valence-corrected chi connectivity index (χ1v) is 10.7. The molecule has 1 unspecified atom stereocenters. The first-order valence-electron chi connectivity index (χ1n) is 9.73. The highest BCUT2D eigenvalue weighted by Gasteiger charge is 2.33. The Bertz CT molecular complexity index is 594. The van der Waals surface area contributed by atoms with Gasteiger partial charge in [-0.1, -0.05) is 51.8 Å². The molecule has 0 aromatic rings. The van der Waals surface area contributed by atoms with Gasteiger partial charge >= 0.3 is 5.91 Å². The smallest absolute Gasteiger partial charge is 0.309 e. The SMILES string of the molecule is CN1CCSC1=NNC(=O)C(=O)C(CC(C)(C)C)NC(=O)C1CCCCC1. The van der Waals surface area contributed by atoms with Crippen molar-refractivity contribution in [2.75, 3.05) is 19.3 Å². The molecule has 2 N–H and O–H groups in total. The van der Waals surface area contributed by atoms with E-state index in [1.807, 2.05) is 32.7 Å². The lowest BCUT2D eigenvalue weighted by atomic mass is 9.85. The van der Waals surface area contributed by atoms with Crippen LogP contribution >= 0.6 is 11.8 Å². The molecule has 0 aromatic carbocycles. The number of amides is 2. The second-order valence-electron chi connectivity index (χ2n) is 8.63. The molecular formula is C19H32N4O3S. The Morgan fingerprint density at radius 3 is 2.44 bits per heavy atom. The van der Waals surface area contributed by atoms with Crippen molar-refractivity contribution < 1.29 is 14.4 Å². The first-order chi connectivity index (χ1) is 12.7. The van der Waals surface area contributed by atoms with Gasteiger partial charge in [-0.2, -0.15) is 0 Å². The Labute approximate surface area is 166 Å². The maximum absolute atomic E-state index is 12.7. The molecule has 2 fully saturated rings. The molecule has 1 atom stereocenters. The zero-order valence-corrected chi connectivity index (χ0v) is 17.7. The molecule has 0 bridgehead atoms. The van der Waals surface area contributed by atoms with Gasteiger partial charge in [-0.3, -0.25) is 14.4 Å². The minimum absolute atomic E-state index is 0.0548. The largest absolute Gasteiger partial charge is 0.352 e. The Balaban J connectivity index is 2.01. The molecule has 2 rings (SSSR count). The van der Waals surface area contributed by atoms with E-state index in [1.54, 1.807) is 0 Å². The first kappa shape index (κ1) is 21.7. The van der Waals surface area contributed by atoms with Gasteiger partial charge in [0.05, 0.1) is 6.04 Å². The summed E-state index contributed by atoms with van der Waals surface area (Å²) in [5.41, 5.74) is 2.16. The summed E-state index contributed by atoms with van der Waals surface area (Å²) in [5, 5.41) is 7.58. The second kappa shape index (κ2) is 9.57. The monoisotopic (exact) mass is 396 g/mol. The predicted octanol–water partition coefficient (Wildman–Crippen LogP) is 2.12. The van der Waals surface area contributed by atoms with E-state index < -0.39 is 17.7 Å². The number of rotatable bonds is 6. The molecule has 2 aliphatic rings. The lowest BCUT2D eigenvalue weighted by molar-refractivity contribution is -0.141. The summed E-state index contributed by atoms with van der Waals surface area (Å²) >= 11 is 1.53. The molecule has 1 heterocycles. The van der Waals surface area contributed by atoms with Crippen LogP contribution in [-0.4, -0.2) is 53.1 Å². The number of Topliss-reactive ketones (excluding diaryl/α,β-unsaturated/α-hetero) is 1. The van der Waals surface area contributed by atoms with Crippen LogP contribution in [0.3, 0.4) is 0 Å². The van der Waals surface area contributed by atoms with Crippen molar-refractivity contribution >= 4 is 34.5 Å². The highest BCUT2D eigenvalue weighted by Crippen LogP contribution is 2.25. The average Bonchev–Trinajstić information content (AvgIpc) is 3.03. The normalized spacial score (nSPS) is 21.2.